The highest BCUT2D eigenvalue weighted by Gasteiger charge is 2.16. The fourth-order valence-electron chi connectivity index (χ4n) is 2.90. The van der Waals surface area contributed by atoms with Gasteiger partial charge in [-0.15, -0.1) is 0 Å². The van der Waals surface area contributed by atoms with Gasteiger partial charge in [0, 0.05) is 37.7 Å². The maximum Gasteiger partial charge on any atom is 0.119 e. The SMILES string of the molecule is CCCOc1ccc(C=NN2CCN(Cc3ccccc3Cl)CC2)cc1. The van der Waals surface area contributed by atoms with E-state index in [1.54, 1.807) is 0 Å². The predicted molar refractivity (Wildman–Crippen MR) is 108 cm³/mol. The van der Waals surface area contributed by atoms with Gasteiger partial charge in [-0.05, 0) is 47.9 Å². The van der Waals surface area contributed by atoms with Crippen molar-refractivity contribution in [1.29, 1.82) is 0 Å². The molecule has 2 aromatic carbocycles. The van der Waals surface area contributed by atoms with Crippen molar-refractivity contribution < 1.29 is 4.74 Å². The van der Waals surface area contributed by atoms with E-state index in [0.717, 1.165) is 62.1 Å². The summed E-state index contributed by atoms with van der Waals surface area (Å²) in [6.07, 6.45) is 2.94. The maximum absolute atomic E-state index is 6.26. The maximum atomic E-state index is 6.26. The monoisotopic (exact) mass is 371 g/mol. The number of hydrogen-bond acceptors (Lipinski definition) is 4. The fourth-order valence-corrected chi connectivity index (χ4v) is 3.09. The zero-order valence-corrected chi connectivity index (χ0v) is 16.0. The Bertz CT molecular complexity index is 709. The summed E-state index contributed by atoms with van der Waals surface area (Å²) in [5.74, 6) is 0.914. The molecule has 0 N–H and O–H groups in total. The van der Waals surface area contributed by atoms with Gasteiger partial charge in [0.05, 0.1) is 12.8 Å². The van der Waals surface area contributed by atoms with Crippen molar-refractivity contribution in [3.8, 4) is 5.75 Å². The molecule has 3 rings (SSSR count). The summed E-state index contributed by atoms with van der Waals surface area (Å²) in [6, 6.07) is 16.2. The number of hydrazone groups is 1. The summed E-state index contributed by atoms with van der Waals surface area (Å²) in [6.45, 7) is 7.60. The molecule has 0 unspecified atom stereocenters. The highest BCUT2D eigenvalue weighted by molar-refractivity contribution is 6.31. The van der Waals surface area contributed by atoms with Crippen molar-refractivity contribution in [3.63, 3.8) is 0 Å². The minimum absolute atomic E-state index is 0.756. The number of rotatable bonds is 7. The van der Waals surface area contributed by atoms with E-state index in [4.69, 9.17) is 16.3 Å². The second-order valence-electron chi connectivity index (χ2n) is 6.48. The lowest BCUT2D eigenvalue weighted by Gasteiger charge is -2.33. The Hall–Kier alpha value is -2.04. The molecule has 0 atom stereocenters. The Labute approximate surface area is 161 Å². The van der Waals surface area contributed by atoms with Crippen LogP contribution in [0, 0.1) is 0 Å². The van der Waals surface area contributed by atoms with E-state index in [1.165, 1.54) is 5.56 Å². The lowest BCUT2D eigenvalue weighted by atomic mass is 10.2. The Balaban J connectivity index is 1.46. The van der Waals surface area contributed by atoms with Crippen molar-refractivity contribution in [1.82, 2.24) is 9.91 Å². The first-order chi connectivity index (χ1) is 12.7. The predicted octanol–water partition coefficient (Wildman–Crippen LogP) is 4.28. The Morgan fingerprint density at radius 2 is 1.77 bits per heavy atom. The van der Waals surface area contributed by atoms with Crippen molar-refractivity contribution in [3.05, 3.63) is 64.7 Å². The van der Waals surface area contributed by atoms with Crippen LogP contribution in [-0.4, -0.2) is 48.9 Å². The van der Waals surface area contributed by atoms with Crippen LogP contribution in [0.1, 0.15) is 24.5 Å². The van der Waals surface area contributed by atoms with Crippen molar-refractivity contribution in [2.24, 2.45) is 5.10 Å². The van der Waals surface area contributed by atoms with E-state index in [9.17, 15) is 0 Å². The molecule has 138 valence electrons. The average Bonchev–Trinajstić information content (AvgIpc) is 2.68. The quantitative estimate of drug-likeness (QED) is 0.680. The molecule has 1 heterocycles. The topological polar surface area (TPSA) is 28.1 Å². The molecule has 1 saturated heterocycles. The van der Waals surface area contributed by atoms with Gasteiger partial charge in [0.15, 0.2) is 0 Å². The van der Waals surface area contributed by atoms with Gasteiger partial charge >= 0.3 is 0 Å². The summed E-state index contributed by atoms with van der Waals surface area (Å²) in [4.78, 5) is 2.42. The lowest BCUT2D eigenvalue weighted by molar-refractivity contribution is 0.131. The molecule has 0 aromatic heterocycles. The Morgan fingerprint density at radius 1 is 1.04 bits per heavy atom. The van der Waals surface area contributed by atoms with Crippen LogP contribution in [-0.2, 0) is 6.54 Å². The summed E-state index contributed by atoms with van der Waals surface area (Å²) >= 11 is 6.26. The van der Waals surface area contributed by atoms with E-state index in [0.29, 0.717) is 0 Å². The second-order valence-corrected chi connectivity index (χ2v) is 6.89. The van der Waals surface area contributed by atoms with Crippen LogP contribution in [0.3, 0.4) is 0 Å². The second kappa shape index (κ2) is 9.60. The number of piperazine rings is 1. The summed E-state index contributed by atoms with van der Waals surface area (Å²) in [7, 11) is 0. The Kier molecular flexibility index (Phi) is 6.92. The van der Waals surface area contributed by atoms with Crippen LogP contribution in [0.4, 0.5) is 0 Å². The van der Waals surface area contributed by atoms with Crippen molar-refractivity contribution in [2.45, 2.75) is 19.9 Å². The molecule has 4 nitrogen and oxygen atoms in total. The van der Waals surface area contributed by atoms with Crippen molar-refractivity contribution >= 4 is 17.8 Å². The summed E-state index contributed by atoms with van der Waals surface area (Å²) in [5, 5.41) is 7.60. The van der Waals surface area contributed by atoms with Gasteiger partial charge in [-0.2, -0.15) is 5.10 Å². The molecule has 0 bridgehead atoms. The minimum Gasteiger partial charge on any atom is -0.494 e. The highest BCUT2D eigenvalue weighted by atomic mass is 35.5. The average molecular weight is 372 g/mol. The summed E-state index contributed by atoms with van der Waals surface area (Å²) in [5.41, 5.74) is 2.28. The lowest BCUT2D eigenvalue weighted by Crippen LogP contribution is -2.43. The number of nitrogens with zero attached hydrogens (tertiary/aromatic N) is 3. The molecule has 0 aliphatic carbocycles. The largest absolute Gasteiger partial charge is 0.494 e. The number of ether oxygens (including phenoxy) is 1. The number of benzene rings is 2. The molecule has 26 heavy (non-hydrogen) atoms. The molecule has 1 fully saturated rings. The molecule has 2 aromatic rings. The van der Waals surface area contributed by atoms with Crippen LogP contribution in [0.15, 0.2) is 53.6 Å². The van der Waals surface area contributed by atoms with Crippen LogP contribution >= 0.6 is 11.6 Å². The first kappa shape index (κ1) is 18.7. The molecular formula is C21H26ClN3O. The van der Waals surface area contributed by atoms with Gasteiger partial charge in [-0.25, -0.2) is 0 Å². The number of hydrogen-bond donors (Lipinski definition) is 0. The van der Waals surface area contributed by atoms with Gasteiger partial charge in [0.2, 0.25) is 0 Å². The van der Waals surface area contributed by atoms with Gasteiger partial charge in [0.1, 0.15) is 5.75 Å². The third kappa shape index (κ3) is 5.48. The van der Waals surface area contributed by atoms with E-state index in [1.807, 2.05) is 48.7 Å². The first-order valence-corrected chi connectivity index (χ1v) is 9.60. The zero-order valence-electron chi connectivity index (χ0n) is 15.3. The smallest absolute Gasteiger partial charge is 0.119 e. The molecule has 0 radical (unpaired) electrons. The molecule has 1 aliphatic heterocycles. The van der Waals surface area contributed by atoms with E-state index in [2.05, 4.69) is 28.0 Å². The van der Waals surface area contributed by atoms with Crippen LogP contribution in [0.25, 0.3) is 0 Å². The third-order valence-corrected chi connectivity index (χ3v) is 4.79. The fraction of sp³-hybridized carbons (Fsp3) is 0.381. The molecular weight excluding hydrogens is 346 g/mol. The van der Waals surface area contributed by atoms with Gasteiger partial charge in [0.25, 0.3) is 0 Å². The van der Waals surface area contributed by atoms with Crippen LogP contribution < -0.4 is 4.74 Å². The standard InChI is InChI=1S/C21H26ClN3O/c1-2-15-26-20-9-7-18(8-10-20)16-23-25-13-11-24(12-14-25)17-19-5-3-4-6-21(19)22/h3-10,16H,2,11-15,17H2,1H3. The van der Waals surface area contributed by atoms with Crippen LogP contribution in [0.5, 0.6) is 5.75 Å². The minimum atomic E-state index is 0.756. The molecule has 0 spiro atoms. The normalized spacial score (nSPS) is 15.5. The van der Waals surface area contributed by atoms with Gasteiger partial charge in [-0.1, -0.05) is 36.7 Å². The molecule has 0 amide bonds. The Morgan fingerprint density at radius 3 is 2.46 bits per heavy atom. The van der Waals surface area contributed by atoms with E-state index < -0.39 is 0 Å². The van der Waals surface area contributed by atoms with E-state index in [-0.39, 0.29) is 0 Å². The van der Waals surface area contributed by atoms with E-state index >= 15 is 0 Å². The third-order valence-electron chi connectivity index (χ3n) is 4.42. The zero-order chi connectivity index (χ0) is 18.2. The summed E-state index contributed by atoms with van der Waals surface area (Å²) < 4.78 is 5.60. The van der Waals surface area contributed by atoms with Crippen molar-refractivity contribution in [2.75, 3.05) is 32.8 Å². The number of halogens is 1. The highest BCUT2D eigenvalue weighted by Crippen LogP contribution is 2.18. The molecule has 5 heteroatoms. The van der Waals surface area contributed by atoms with Gasteiger partial charge in [-0.3, -0.25) is 9.91 Å². The molecule has 0 saturated carbocycles. The van der Waals surface area contributed by atoms with Gasteiger partial charge < -0.3 is 4.74 Å². The first-order valence-electron chi connectivity index (χ1n) is 9.22. The molecule has 1 aliphatic rings. The van der Waals surface area contributed by atoms with Crippen LogP contribution in [0.2, 0.25) is 5.02 Å².